The average Bonchev–Trinajstić information content (AvgIpc) is 3.21. The molecule has 0 radical (unpaired) electrons. The van der Waals surface area contributed by atoms with Gasteiger partial charge in [-0.25, -0.2) is 0 Å². The minimum Gasteiger partial charge on any atom is -0.756 e. The zero-order chi connectivity index (χ0) is 45.1. The molecule has 0 aliphatic heterocycles. The summed E-state index contributed by atoms with van der Waals surface area (Å²) >= 11 is 0. The number of phosphoric ester groups is 1. The Bertz CT molecular complexity index is 1110. The highest BCUT2D eigenvalue weighted by atomic mass is 31.2. The Morgan fingerprint density at radius 2 is 0.951 bits per heavy atom. The van der Waals surface area contributed by atoms with E-state index in [1.807, 2.05) is 21.1 Å². The molecule has 0 aliphatic rings. The number of nitrogens with zero attached hydrogens (tertiary/aromatic N) is 1. The maximum atomic E-state index is 12.9. The lowest BCUT2D eigenvalue weighted by molar-refractivity contribution is -0.870. The first-order valence-corrected chi connectivity index (χ1v) is 26.9. The van der Waals surface area contributed by atoms with Gasteiger partial charge in [0.25, 0.3) is 7.82 Å². The van der Waals surface area contributed by atoms with Crippen molar-refractivity contribution in [1.82, 2.24) is 5.32 Å². The van der Waals surface area contributed by atoms with Gasteiger partial charge in [-0.2, -0.15) is 0 Å². The summed E-state index contributed by atoms with van der Waals surface area (Å²) in [5.74, 6) is -0.292. The molecule has 4 unspecified atom stereocenters. The van der Waals surface area contributed by atoms with Gasteiger partial charge in [-0.3, -0.25) is 9.36 Å². The van der Waals surface area contributed by atoms with Crippen LogP contribution in [0.1, 0.15) is 226 Å². The number of hydrogen-bond donors (Lipinski definition) is 3. The molecule has 0 saturated heterocycles. The topological polar surface area (TPSA) is 128 Å². The summed E-state index contributed by atoms with van der Waals surface area (Å²) in [6, 6.07) is -1.09. The SMILES string of the molecule is CCCCC/C=C/CC/C=C/CCCC(O)C(O)C(COP(=O)([O-])OCC[N+](C)(C)C)NC(=O)CCCCCCCCCCCCCCC/C=C\CCCCCCCCCC. The number of carbonyl (C=O) groups is 1. The van der Waals surface area contributed by atoms with E-state index >= 15 is 0 Å². The summed E-state index contributed by atoms with van der Waals surface area (Å²) < 4.78 is 23.2. The second-order valence-electron chi connectivity index (χ2n) is 18.6. The molecular weight excluding hydrogens is 784 g/mol. The first-order chi connectivity index (χ1) is 29.4. The lowest BCUT2D eigenvalue weighted by atomic mass is 10.0. The summed E-state index contributed by atoms with van der Waals surface area (Å²) in [5.41, 5.74) is 0. The van der Waals surface area contributed by atoms with Crippen LogP contribution in [0.25, 0.3) is 0 Å². The highest BCUT2D eigenvalue weighted by molar-refractivity contribution is 7.45. The number of amides is 1. The first kappa shape index (κ1) is 59.7. The molecule has 9 nitrogen and oxygen atoms in total. The van der Waals surface area contributed by atoms with Crippen molar-refractivity contribution in [2.75, 3.05) is 40.9 Å². The molecule has 0 bridgehead atoms. The number of unbranched alkanes of at least 4 members (excludes halogenated alkanes) is 26. The van der Waals surface area contributed by atoms with Gasteiger partial charge in [0.1, 0.15) is 19.3 Å². The highest BCUT2D eigenvalue weighted by Crippen LogP contribution is 2.38. The second-order valence-corrected chi connectivity index (χ2v) is 20.0. The molecule has 0 aromatic heterocycles. The van der Waals surface area contributed by atoms with E-state index in [2.05, 4.69) is 55.6 Å². The number of nitrogens with one attached hydrogen (secondary N) is 1. The van der Waals surface area contributed by atoms with Gasteiger partial charge in [0, 0.05) is 6.42 Å². The molecule has 0 aromatic carbocycles. The standard InChI is InChI=1S/C51H99N2O7P/c1-6-8-10-12-14-16-18-20-21-22-23-24-25-26-27-28-29-30-31-32-34-36-38-40-42-44-50(55)52-48(47-60-61(57,58)59-46-45-53(3,4)5)51(56)49(54)43-41-39-37-35-33-19-17-15-13-11-9-7-2/h15,17,22-23,35,37,48-49,51,54,56H,6-14,16,18-21,24-34,36,38-47H2,1-5H3,(H-,52,55,57,58)/b17-15+,23-22-,37-35+. The maximum absolute atomic E-state index is 12.9. The molecule has 360 valence electrons. The molecule has 3 N–H and O–H groups in total. The van der Waals surface area contributed by atoms with Crippen LogP contribution in [0.5, 0.6) is 0 Å². The van der Waals surface area contributed by atoms with Crippen molar-refractivity contribution >= 4 is 13.7 Å². The summed E-state index contributed by atoms with van der Waals surface area (Å²) in [6.45, 7) is 4.38. The monoisotopic (exact) mass is 883 g/mol. The Hall–Kier alpha value is -1.32. The third kappa shape index (κ3) is 43.7. The molecule has 0 heterocycles. The molecule has 1 amide bonds. The first-order valence-electron chi connectivity index (χ1n) is 25.4. The van der Waals surface area contributed by atoms with E-state index < -0.39 is 32.7 Å². The number of aliphatic hydroxyl groups is 2. The zero-order valence-electron chi connectivity index (χ0n) is 40.5. The predicted octanol–water partition coefficient (Wildman–Crippen LogP) is 13.0. The molecule has 0 aliphatic carbocycles. The number of aliphatic hydroxyl groups excluding tert-OH is 2. The van der Waals surface area contributed by atoms with Crippen LogP contribution >= 0.6 is 7.82 Å². The predicted molar refractivity (Wildman–Crippen MR) is 257 cm³/mol. The lowest BCUT2D eigenvalue weighted by Gasteiger charge is -2.31. The van der Waals surface area contributed by atoms with Crippen molar-refractivity contribution in [3.05, 3.63) is 36.5 Å². The molecule has 0 fully saturated rings. The number of carbonyl (C=O) groups excluding carboxylic acids is 1. The number of phosphoric acid groups is 1. The molecule has 0 rings (SSSR count). The molecular formula is C51H99N2O7P. The van der Waals surface area contributed by atoms with E-state index in [0.717, 1.165) is 44.9 Å². The Kier molecular flexibility index (Phi) is 41.7. The third-order valence-corrected chi connectivity index (χ3v) is 12.4. The van der Waals surface area contributed by atoms with Crippen LogP contribution in [-0.4, -0.2) is 79.8 Å². The van der Waals surface area contributed by atoms with Gasteiger partial charge in [0.15, 0.2) is 0 Å². The number of likely N-dealkylation sites (N-methyl/N-ethyl adjacent to an activating group) is 1. The van der Waals surface area contributed by atoms with E-state index in [1.54, 1.807) is 0 Å². The fraction of sp³-hybridized carbons (Fsp3) is 0.863. The summed E-state index contributed by atoms with van der Waals surface area (Å²) in [6.07, 6.45) is 49.2. The Morgan fingerprint density at radius 3 is 1.41 bits per heavy atom. The highest BCUT2D eigenvalue weighted by Gasteiger charge is 2.29. The molecule has 10 heteroatoms. The van der Waals surface area contributed by atoms with Gasteiger partial charge < -0.3 is 34.0 Å². The minimum absolute atomic E-state index is 0.0485. The number of allylic oxidation sites excluding steroid dienone is 6. The normalized spacial score (nSPS) is 15.0. The van der Waals surface area contributed by atoms with Gasteiger partial charge in [-0.15, -0.1) is 0 Å². The van der Waals surface area contributed by atoms with Crippen molar-refractivity contribution in [2.45, 2.75) is 244 Å². The molecule has 4 atom stereocenters. The molecule has 0 saturated carbocycles. The van der Waals surface area contributed by atoms with Crippen LogP contribution in [-0.2, 0) is 18.4 Å². The fourth-order valence-corrected chi connectivity index (χ4v) is 8.05. The van der Waals surface area contributed by atoms with E-state index in [9.17, 15) is 24.5 Å². The van der Waals surface area contributed by atoms with E-state index in [-0.39, 0.29) is 18.9 Å². The van der Waals surface area contributed by atoms with Crippen LogP contribution in [0.2, 0.25) is 0 Å². The number of hydrogen-bond acceptors (Lipinski definition) is 7. The smallest absolute Gasteiger partial charge is 0.268 e. The average molecular weight is 883 g/mol. The van der Waals surface area contributed by atoms with Crippen molar-refractivity contribution < 1.29 is 38.0 Å². The van der Waals surface area contributed by atoms with Gasteiger partial charge >= 0.3 is 0 Å². The Morgan fingerprint density at radius 1 is 0.574 bits per heavy atom. The summed E-state index contributed by atoms with van der Waals surface area (Å²) in [5, 5.41) is 24.6. The third-order valence-electron chi connectivity index (χ3n) is 11.4. The van der Waals surface area contributed by atoms with Crippen molar-refractivity contribution in [3.8, 4) is 0 Å². The van der Waals surface area contributed by atoms with Gasteiger partial charge in [0.05, 0.1) is 39.9 Å². The number of rotatable bonds is 46. The molecule has 0 spiro atoms. The van der Waals surface area contributed by atoms with Gasteiger partial charge in [-0.1, -0.05) is 179 Å². The second kappa shape index (κ2) is 42.6. The minimum atomic E-state index is -4.68. The van der Waals surface area contributed by atoms with E-state index in [4.69, 9.17) is 9.05 Å². The van der Waals surface area contributed by atoms with E-state index in [0.29, 0.717) is 30.3 Å². The van der Waals surface area contributed by atoms with Crippen molar-refractivity contribution in [1.29, 1.82) is 0 Å². The van der Waals surface area contributed by atoms with Crippen LogP contribution in [0, 0.1) is 0 Å². The van der Waals surface area contributed by atoms with Gasteiger partial charge in [-0.05, 0) is 77.0 Å². The van der Waals surface area contributed by atoms with Crippen LogP contribution in [0.15, 0.2) is 36.5 Å². The summed E-state index contributed by atoms with van der Waals surface area (Å²) in [4.78, 5) is 25.4. The summed E-state index contributed by atoms with van der Waals surface area (Å²) in [7, 11) is 1.10. The maximum Gasteiger partial charge on any atom is 0.268 e. The Balaban J connectivity index is 4.29. The Labute approximate surface area is 377 Å². The quantitative estimate of drug-likeness (QED) is 0.0240. The van der Waals surface area contributed by atoms with Crippen LogP contribution < -0.4 is 10.2 Å². The lowest BCUT2D eigenvalue weighted by Crippen LogP contribution is -2.51. The van der Waals surface area contributed by atoms with Crippen molar-refractivity contribution in [3.63, 3.8) is 0 Å². The molecule has 61 heavy (non-hydrogen) atoms. The van der Waals surface area contributed by atoms with Crippen molar-refractivity contribution in [2.24, 2.45) is 0 Å². The largest absolute Gasteiger partial charge is 0.756 e. The van der Waals surface area contributed by atoms with Crippen LogP contribution in [0.3, 0.4) is 0 Å². The van der Waals surface area contributed by atoms with E-state index in [1.165, 1.54) is 141 Å². The molecule has 0 aromatic rings. The number of quaternary nitrogens is 1. The van der Waals surface area contributed by atoms with Crippen LogP contribution in [0.4, 0.5) is 0 Å². The van der Waals surface area contributed by atoms with Gasteiger partial charge in [0.2, 0.25) is 5.91 Å². The fourth-order valence-electron chi connectivity index (χ4n) is 7.32. The zero-order valence-corrected chi connectivity index (χ0v) is 41.4.